The Bertz CT molecular complexity index is 296. The summed E-state index contributed by atoms with van der Waals surface area (Å²) in [5, 5.41) is 0. The minimum absolute atomic E-state index is 0.824. The molecular weight excluding hydrogens is 290 g/mol. The highest BCUT2D eigenvalue weighted by Gasteiger charge is 2.33. The van der Waals surface area contributed by atoms with Gasteiger partial charge in [-0.15, -0.1) is 0 Å². The molecule has 0 saturated carbocycles. The first kappa shape index (κ1) is 22.0. The molecule has 0 bridgehead atoms. The van der Waals surface area contributed by atoms with E-state index in [4.69, 9.17) is 0 Å². The van der Waals surface area contributed by atoms with E-state index in [-0.39, 0.29) is 0 Å². The second-order valence-corrected chi connectivity index (χ2v) is 9.23. The summed E-state index contributed by atoms with van der Waals surface area (Å²) in [5.74, 6) is 3.50. The SMILES string of the molecule is CCCCCN1CCCC[C@@H](C)C[C@@H](C)[C@@H]1C(CCC)CC(C)C. The third-order valence-corrected chi connectivity index (χ3v) is 6.14. The molecule has 1 heterocycles. The van der Waals surface area contributed by atoms with Gasteiger partial charge in [0.05, 0.1) is 0 Å². The highest BCUT2D eigenvalue weighted by Crippen LogP contribution is 2.34. The molecule has 0 N–H and O–H groups in total. The molecule has 1 unspecified atom stereocenters. The average molecular weight is 338 g/mol. The minimum atomic E-state index is 0.824. The Kier molecular flexibility index (Phi) is 11.3. The molecule has 24 heavy (non-hydrogen) atoms. The maximum Gasteiger partial charge on any atom is 0.0149 e. The second-order valence-electron chi connectivity index (χ2n) is 9.23. The zero-order chi connectivity index (χ0) is 17.9. The maximum absolute atomic E-state index is 2.95. The average Bonchev–Trinajstić information content (AvgIpc) is 2.56. The smallest absolute Gasteiger partial charge is 0.0149 e. The van der Waals surface area contributed by atoms with Crippen molar-refractivity contribution < 1.29 is 0 Å². The maximum atomic E-state index is 2.95. The molecule has 1 aliphatic rings. The summed E-state index contributed by atoms with van der Waals surface area (Å²) >= 11 is 0. The van der Waals surface area contributed by atoms with Gasteiger partial charge in [0, 0.05) is 6.04 Å². The summed E-state index contributed by atoms with van der Waals surface area (Å²) in [5.41, 5.74) is 0. The van der Waals surface area contributed by atoms with Crippen LogP contribution in [0.15, 0.2) is 0 Å². The van der Waals surface area contributed by atoms with Gasteiger partial charge in [-0.05, 0) is 68.9 Å². The summed E-state index contributed by atoms with van der Waals surface area (Å²) in [7, 11) is 0. The van der Waals surface area contributed by atoms with Crippen molar-refractivity contribution in [2.45, 2.75) is 112 Å². The summed E-state index contributed by atoms with van der Waals surface area (Å²) in [6, 6.07) is 0.824. The number of rotatable bonds is 9. The van der Waals surface area contributed by atoms with Gasteiger partial charge in [0.15, 0.2) is 0 Å². The highest BCUT2D eigenvalue weighted by molar-refractivity contribution is 4.86. The topological polar surface area (TPSA) is 3.24 Å². The molecule has 0 radical (unpaired) electrons. The van der Waals surface area contributed by atoms with E-state index in [1.165, 1.54) is 77.3 Å². The zero-order valence-electron chi connectivity index (χ0n) is 17.8. The van der Waals surface area contributed by atoms with E-state index in [1.807, 2.05) is 0 Å². The zero-order valence-corrected chi connectivity index (χ0v) is 17.8. The number of hydrogen-bond donors (Lipinski definition) is 0. The van der Waals surface area contributed by atoms with Crippen LogP contribution in [0.25, 0.3) is 0 Å². The van der Waals surface area contributed by atoms with Gasteiger partial charge in [0.25, 0.3) is 0 Å². The normalized spacial score (nSPS) is 28.4. The first-order chi connectivity index (χ1) is 11.5. The fourth-order valence-corrected chi connectivity index (χ4v) is 5.20. The monoisotopic (exact) mass is 337 g/mol. The molecule has 1 aliphatic heterocycles. The lowest BCUT2D eigenvalue weighted by molar-refractivity contribution is 0.0719. The van der Waals surface area contributed by atoms with Gasteiger partial charge in [-0.25, -0.2) is 0 Å². The first-order valence-electron chi connectivity index (χ1n) is 11.2. The van der Waals surface area contributed by atoms with Crippen molar-refractivity contribution in [2.24, 2.45) is 23.7 Å². The minimum Gasteiger partial charge on any atom is -0.300 e. The second kappa shape index (κ2) is 12.3. The Labute approximate surface area is 154 Å². The Morgan fingerprint density at radius 3 is 2.38 bits per heavy atom. The molecule has 1 fully saturated rings. The molecule has 1 rings (SSSR count). The molecule has 0 amide bonds. The van der Waals surface area contributed by atoms with Gasteiger partial charge < -0.3 is 0 Å². The molecule has 0 spiro atoms. The van der Waals surface area contributed by atoms with E-state index in [2.05, 4.69) is 46.4 Å². The standard InChI is InChI=1S/C23H47N/c1-7-9-11-15-24-16-12-10-14-20(5)18-21(6)23(24)22(13-8-2)17-19(3)4/h19-23H,7-18H2,1-6H3/t20-,21-,22?,23-/m1/s1. The Balaban J connectivity index is 2.95. The van der Waals surface area contributed by atoms with Crippen molar-refractivity contribution in [3.63, 3.8) is 0 Å². The van der Waals surface area contributed by atoms with Crippen molar-refractivity contribution in [3.05, 3.63) is 0 Å². The number of hydrogen-bond acceptors (Lipinski definition) is 1. The molecule has 1 heteroatoms. The van der Waals surface area contributed by atoms with E-state index in [9.17, 15) is 0 Å². The van der Waals surface area contributed by atoms with E-state index in [0.29, 0.717) is 0 Å². The molecule has 144 valence electrons. The fraction of sp³-hybridized carbons (Fsp3) is 1.00. The van der Waals surface area contributed by atoms with Crippen LogP contribution in [0.5, 0.6) is 0 Å². The lowest BCUT2D eigenvalue weighted by Gasteiger charge is -2.42. The van der Waals surface area contributed by atoms with Gasteiger partial charge in [-0.1, -0.05) is 73.6 Å². The Morgan fingerprint density at radius 2 is 1.75 bits per heavy atom. The van der Waals surface area contributed by atoms with Crippen LogP contribution in [0.1, 0.15) is 106 Å². The van der Waals surface area contributed by atoms with Crippen molar-refractivity contribution in [1.82, 2.24) is 4.90 Å². The van der Waals surface area contributed by atoms with E-state index < -0.39 is 0 Å². The fourth-order valence-electron chi connectivity index (χ4n) is 5.20. The predicted molar refractivity (Wildman–Crippen MR) is 110 cm³/mol. The first-order valence-corrected chi connectivity index (χ1v) is 11.2. The van der Waals surface area contributed by atoms with Gasteiger partial charge in [0.2, 0.25) is 0 Å². The molecular formula is C23H47N. The number of nitrogens with zero attached hydrogens (tertiary/aromatic N) is 1. The van der Waals surface area contributed by atoms with E-state index in [0.717, 1.165) is 29.7 Å². The van der Waals surface area contributed by atoms with Crippen LogP contribution < -0.4 is 0 Å². The third-order valence-electron chi connectivity index (χ3n) is 6.14. The molecule has 0 aromatic rings. The quantitative estimate of drug-likeness (QED) is 0.403. The van der Waals surface area contributed by atoms with Gasteiger partial charge >= 0.3 is 0 Å². The summed E-state index contributed by atoms with van der Waals surface area (Å²) in [6.45, 7) is 17.3. The van der Waals surface area contributed by atoms with Crippen LogP contribution in [0.3, 0.4) is 0 Å². The van der Waals surface area contributed by atoms with Crippen molar-refractivity contribution in [2.75, 3.05) is 13.1 Å². The third kappa shape index (κ3) is 7.89. The molecule has 1 saturated heterocycles. The lowest BCUT2D eigenvalue weighted by Crippen LogP contribution is -2.46. The van der Waals surface area contributed by atoms with Gasteiger partial charge in [-0.3, -0.25) is 4.90 Å². The van der Waals surface area contributed by atoms with Crippen molar-refractivity contribution in [3.8, 4) is 0 Å². The molecule has 0 aromatic heterocycles. The number of unbranched alkanes of at least 4 members (excludes halogenated alkanes) is 2. The van der Waals surface area contributed by atoms with Crippen LogP contribution in [0, 0.1) is 23.7 Å². The Morgan fingerprint density at radius 1 is 1.00 bits per heavy atom. The summed E-state index contributed by atoms with van der Waals surface area (Å²) in [6.07, 6.45) is 14.1. The lowest BCUT2D eigenvalue weighted by atomic mass is 9.77. The van der Waals surface area contributed by atoms with Crippen LogP contribution in [-0.4, -0.2) is 24.0 Å². The molecule has 4 atom stereocenters. The van der Waals surface area contributed by atoms with Crippen LogP contribution in [-0.2, 0) is 0 Å². The summed E-state index contributed by atoms with van der Waals surface area (Å²) in [4.78, 5) is 2.95. The largest absolute Gasteiger partial charge is 0.300 e. The van der Waals surface area contributed by atoms with Gasteiger partial charge in [0.1, 0.15) is 0 Å². The molecule has 1 nitrogen and oxygen atoms in total. The molecule has 0 aromatic carbocycles. The Hall–Kier alpha value is -0.0400. The van der Waals surface area contributed by atoms with Crippen molar-refractivity contribution in [1.29, 1.82) is 0 Å². The summed E-state index contributed by atoms with van der Waals surface area (Å²) < 4.78 is 0. The molecule has 0 aliphatic carbocycles. The van der Waals surface area contributed by atoms with Crippen LogP contribution >= 0.6 is 0 Å². The predicted octanol–water partition coefficient (Wildman–Crippen LogP) is 7.16. The van der Waals surface area contributed by atoms with Crippen LogP contribution in [0.4, 0.5) is 0 Å². The van der Waals surface area contributed by atoms with Crippen LogP contribution in [0.2, 0.25) is 0 Å². The van der Waals surface area contributed by atoms with E-state index >= 15 is 0 Å². The van der Waals surface area contributed by atoms with Crippen molar-refractivity contribution >= 4 is 0 Å². The highest BCUT2D eigenvalue weighted by atomic mass is 15.2. The van der Waals surface area contributed by atoms with E-state index in [1.54, 1.807) is 0 Å². The van der Waals surface area contributed by atoms with Gasteiger partial charge in [-0.2, -0.15) is 0 Å².